The van der Waals surface area contributed by atoms with Crippen LogP contribution in [0.15, 0.2) is 70.0 Å². The zero-order valence-electron chi connectivity index (χ0n) is 34.8. The fourth-order valence-corrected chi connectivity index (χ4v) is 4.81. The van der Waals surface area contributed by atoms with Crippen molar-refractivity contribution in [2.75, 3.05) is 38.1 Å². The second kappa shape index (κ2) is 31.3. The second-order valence-corrected chi connectivity index (χ2v) is 12.8. The van der Waals surface area contributed by atoms with Crippen molar-refractivity contribution in [2.24, 2.45) is 0 Å². The Morgan fingerprint density at radius 1 is 0.902 bits per heavy atom. The summed E-state index contributed by atoms with van der Waals surface area (Å²) in [6.45, 7) is 2.93. The van der Waals surface area contributed by atoms with E-state index in [1.807, 2.05) is 6.26 Å². The largest absolute Gasteiger partial charge is 1.00 e. The number of hydrogen-bond acceptors (Lipinski definition) is 18. The Morgan fingerprint density at radius 3 is 1.95 bits per heavy atom. The van der Waals surface area contributed by atoms with Crippen molar-refractivity contribution in [2.45, 2.75) is 42.9 Å². The fourth-order valence-electron chi connectivity index (χ4n) is 4.13. The molecule has 320 valence electrons. The predicted molar refractivity (Wildman–Crippen MR) is 205 cm³/mol. The van der Waals surface area contributed by atoms with E-state index in [2.05, 4.69) is 34.9 Å². The molecule has 0 aliphatic heterocycles. The summed E-state index contributed by atoms with van der Waals surface area (Å²) in [5, 5.41) is 31.7. The van der Waals surface area contributed by atoms with Crippen LogP contribution in [-0.2, 0) is 25.8 Å². The summed E-state index contributed by atoms with van der Waals surface area (Å²) in [6.07, 6.45) is 6.02. The predicted octanol–water partition coefficient (Wildman–Crippen LogP) is -2.16. The van der Waals surface area contributed by atoms with Gasteiger partial charge in [0.2, 0.25) is 0 Å². The molecular formula is C36H38F4K2N6O11S2. The van der Waals surface area contributed by atoms with Crippen LogP contribution in [0.1, 0.15) is 25.6 Å². The first-order valence-corrected chi connectivity index (χ1v) is 19.0. The molecule has 3 N–H and O–H groups in total. The first-order valence-electron chi connectivity index (χ1n) is 16.5. The average molecular weight is 949 g/mol. The maximum Gasteiger partial charge on any atom is 1.00 e. The number of benzene rings is 2. The minimum atomic E-state index is -0.930. The SMILES string of the molecule is COC(=O)COc1ccc(F)cc1F.CSc1ncc(C=O)c(NC[C@H](C)O)n1.CSc1ncc2cc(Oc3ccc(F)cc3F)c(=O)n(C[C@H](C)O)c2n1.O=CO[O-].[H-].[K+].[K+]. The van der Waals surface area contributed by atoms with Crippen LogP contribution in [-0.4, -0.2) is 98.4 Å². The number of nitrogens with one attached hydrogen (secondary N) is 1. The number of nitrogens with zero attached hydrogens (tertiary/aromatic N) is 5. The van der Waals surface area contributed by atoms with Crippen molar-refractivity contribution in [3.8, 4) is 17.2 Å². The van der Waals surface area contributed by atoms with E-state index in [9.17, 15) is 37.1 Å². The Hall–Kier alpha value is -2.61. The van der Waals surface area contributed by atoms with E-state index < -0.39 is 53.6 Å². The summed E-state index contributed by atoms with van der Waals surface area (Å²) >= 11 is 2.71. The van der Waals surface area contributed by atoms with E-state index in [1.54, 1.807) is 13.2 Å². The van der Waals surface area contributed by atoms with Gasteiger partial charge in [-0.25, -0.2) is 42.3 Å². The van der Waals surface area contributed by atoms with Gasteiger partial charge in [0, 0.05) is 36.5 Å². The number of hydrogen-bond donors (Lipinski definition) is 3. The number of pyridine rings is 1. The quantitative estimate of drug-likeness (QED) is 0.0157. The molecule has 0 bridgehead atoms. The summed E-state index contributed by atoms with van der Waals surface area (Å²) in [4.78, 5) is 61.9. The number of thioether (sulfide) groups is 2. The third-order valence-corrected chi connectivity index (χ3v) is 7.81. The van der Waals surface area contributed by atoms with Crippen LogP contribution < -0.4 is 128 Å². The Morgan fingerprint density at radius 2 is 1.46 bits per heavy atom. The molecule has 0 amide bonds. The molecule has 5 rings (SSSR count). The maximum atomic E-state index is 13.8. The van der Waals surface area contributed by atoms with Crippen LogP contribution in [0, 0.1) is 23.3 Å². The molecule has 2 aromatic carbocycles. The second-order valence-electron chi connectivity index (χ2n) is 11.2. The van der Waals surface area contributed by atoms with Crippen LogP contribution >= 0.6 is 23.5 Å². The smallest absolute Gasteiger partial charge is 1.00 e. The first-order chi connectivity index (χ1) is 28.1. The van der Waals surface area contributed by atoms with Gasteiger partial charge >= 0.3 is 109 Å². The van der Waals surface area contributed by atoms with Gasteiger partial charge in [0.05, 0.1) is 31.4 Å². The van der Waals surface area contributed by atoms with E-state index >= 15 is 0 Å². The van der Waals surface area contributed by atoms with Gasteiger partial charge in [-0.15, -0.1) is 0 Å². The number of esters is 1. The van der Waals surface area contributed by atoms with Gasteiger partial charge < -0.3 is 41.3 Å². The Balaban J connectivity index is 0. The summed E-state index contributed by atoms with van der Waals surface area (Å²) in [7, 11) is 1.19. The van der Waals surface area contributed by atoms with Crippen LogP contribution in [0.3, 0.4) is 0 Å². The van der Waals surface area contributed by atoms with Crippen LogP contribution in [0.4, 0.5) is 23.4 Å². The number of halogens is 4. The number of methoxy groups -OCH3 is 1. The van der Waals surface area contributed by atoms with Gasteiger partial charge in [-0.1, -0.05) is 23.5 Å². The van der Waals surface area contributed by atoms with E-state index in [-0.39, 0.29) is 134 Å². The minimum Gasteiger partial charge on any atom is -1.00 e. The number of fused-ring (bicyclic) bond motifs is 1. The minimum absolute atomic E-state index is 0. The molecule has 5 aromatic rings. The topological polar surface area (TPSA) is 237 Å². The van der Waals surface area contributed by atoms with Crippen LogP contribution in [0.5, 0.6) is 17.2 Å². The standard InChI is InChI=1S/C17H15F2N3O3S.C9H8F2O3.C9H13N3O2S.CH2O3.2K.H/c1-9(23)8-22-15-10(7-20-17(21-15)26-2)5-14(16(22)24)25-13-4-3-11(18)6-12(13)19;1-13-9(12)5-14-8-3-2-6(10)4-7(8)11;1-6(14)3-10-8-7(5-13)4-11-9(12-8)15-2;2-1-4-3;;;/h3-7,9,23H,8H2,1-2H3;2-4H,5H2,1H3;4-6,14H,3H2,1-2H3,(H,10,11,12);1,3H;;;/q;;;;2*+1;-1/p-1/t9-;;6-;;;;/m0.0..../s1. The molecule has 17 nitrogen and oxygen atoms in total. The summed E-state index contributed by atoms with van der Waals surface area (Å²) in [5.74, 6) is -4.05. The van der Waals surface area contributed by atoms with Crippen molar-refractivity contribution in [3.63, 3.8) is 0 Å². The fraction of sp³-hybridized carbons (Fsp3) is 0.278. The number of rotatable bonds is 14. The number of anilines is 1. The van der Waals surface area contributed by atoms with Gasteiger partial charge in [0.25, 0.3) is 12.0 Å². The van der Waals surface area contributed by atoms with E-state index in [1.165, 1.54) is 60.6 Å². The summed E-state index contributed by atoms with van der Waals surface area (Å²) in [6, 6.07) is 7.00. The molecule has 2 atom stereocenters. The average Bonchev–Trinajstić information content (AvgIpc) is 3.22. The third kappa shape index (κ3) is 20.6. The van der Waals surface area contributed by atoms with E-state index in [0.717, 1.165) is 24.3 Å². The zero-order valence-corrected chi connectivity index (χ0v) is 41.6. The van der Waals surface area contributed by atoms with Gasteiger partial charge in [0.15, 0.2) is 52.1 Å². The van der Waals surface area contributed by atoms with E-state index in [4.69, 9.17) is 24.6 Å². The van der Waals surface area contributed by atoms with Crippen molar-refractivity contribution in [3.05, 3.63) is 94.0 Å². The number of carbonyl (C=O) groups excluding carboxylic acids is 3. The van der Waals surface area contributed by atoms with Gasteiger partial charge in [-0.2, -0.15) is 0 Å². The molecule has 3 heterocycles. The molecule has 0 aliphatic carbocycles. The van der Waals surface area contributed by atoms with Crippen molar-refractivity contribution >= 4 is 59.1 Å². The number of aromatic nitrogens is 5. The molecule has 0 radical (unpaired) electrons. The molecular weight excluding hydrogens is 911 g/mol. The molecule has 61 heavy (non-hydrogen) atoms. The third-order valence-electron chi connectivity index (χ3n) is 6.69. The molecule has 25 heteroatoms. The number of ether oxygens (including phenoxy) is 3. The molecule has 0 unspecified atom stereocenters. The molecule has 0 fully saturated rings. The van der Waals surface area contributed by atoms with Crippen LogP contribution in [0.2, 0.25) is 0 Å². The van der Waals surface area contributed by atoms with Crippen LogP contribution in [0.25, 0.3) is 11.0 Å². The molecule has 0 saturated carbocycles. The monoisotopic (exact) mass is 948 g/mol. The number of aliphatic hydroxyl groups excluding tert-OH is 2. The maximum absolute atomic E-state index is 13.8. The summed E-state index contributed by atoms with van der Waals surface area (Å²) in [5.41, 5.74) is 0.142. The number of carbonyl (C=O) groups is 3. The van der Waals surface area contributed by atoms with Crippen molar-refractivity contribution in [1.82, 2.24) is 24.5 Å². The van der Waals surface area contributed by atoms with Crippen molar-refractivity contribution in [1.29, 1.82) is 0 Å². The Bertz CT molecular complexity index is 2240. The molecule has 0 spiro atoms. The zero-order chi connectivity index (χ0) is 44.1. The van der Waals surface area contributed by atoms with Gasteiger partial charge in [-0.3, -0.25) is 19.0 Å². The van der Waals surface area contributed by atoms with Crippen molar-refractivity contribution < 1.29 is 171 Å². The molecule has 0 aliphatic rings. The molecule has 3 aromatic heterocycles. The Labute approximate surface area is 441 Å². The van der Waals surface area contributed by atoms with E-state index in [0.29, 0.717) is 57.7 Å². The normalized spacial score (nSPS) is 10.8. The Kier molecular flexibility index (Phi) is 29.9. The summed E-state index contributed by atoms with van der Waals surface area (Å²) < 4.78 is 67.8. The number of aldehydes is 1. The van der Waals surface area contributed by atoms with Gasteiger partial charge in [-0.05, 0) is 56.7 Å². The number of aliphatic hydroxyl groups is 2. The molecule has 0 saturated heterocycles. The van der Waals surface area contributed by atoms with Gasteiger partial charge in [0.1, 0.15) is 23.1 Å². The first kappa shape index (κ1) is 58.4.